The summed E-state index contributed by atoms with van der Waals surface area (Å²) in [5.74, 6) is -3.72. The largest absolute Gasteiger partial charge is 0.309 e. The van der Waals surface area contributed by atoms with Gasteiger partial charge in [0.05, 0.1) is 0 Å². The van der Waals surface area contributed by atoms with Crippen LogP contribution in [0.3, 0.4) is 0 Å². The van der Waals surface area contributed by atoms with Gasteiger partial charge in [0.1, 0.15) is 0 Å². The molecular weight excluding hydrogens is 241 g/mol. The molecule has 0 heterocycles. The lowest BCUT2D eigenvalue weighted by molar-refractivity contribution is 0.309. The molecule has 1 unspecified atom stereocenters. The average Bonchev–Trinajstić information content (AvgIpc) is 2.33. The van der Waals surface area contributed by atoms with Gasteiger partial charge in [-0.15, -0.1) is 0 Å². The van der Waals surface area contributed by atoms with Crippen LogP contribution in [0.25, 0.3) is 0 Å². The highest BCUT2D eigenvalue weighted by atomic mass is 19.2. The number of benzene rings is 1. The number of nitrogens with zero attached hydrogens (tertiary/aromatic N) is 1. The fraction of sp³-hybridized carbons (Fsp3) is 0.538. The van der Waals surface area contributed by atoms with Crippen LogP contribution in [0.1, 0.15) is 19.4 Å². The molecule has 1 rings (SSSR count). The van der Waals surface area contributed by atoms with Crippen LogP contribution >= 0.6 is 0 Å². The number of likely N-dealkylation sites (N-methyl/N-ethyl adjacent to an activating group) is 1. The zero-order valence-electron chi connectivity index (χ0n) is 10.9. The van der Waals surface area contributed by atoms with Gasteiger partial charge in [0.2, 0.25) is 0 Å². The average molecular weight is 260 g/mol. The lowest BCUT2D eigenvalue weighted by Gasteiger charge is -2.20. The Hall–Kier alpha value is -1.07. The van der Waals surface area contributed by atoms with E-state index in [2.05, 4.69) is 17.1 Å². The van der Waals surface area contributed by atoms with Crippen LogP contribution in [0.2, 0.25) is 0 Å². The second-order valence-electron chi connectivity index (χ2n) is 4.51. The van der Waals surface area contributed by atoms with Crippen molar-refractivity contribution in [1.29, 1.82) is 0 Å². The summed E-state index contributed by atoms with van der Waals surface area (Å²) in [6.07, 6.45) is 0. The molecule has 0 amide bonds. The molecule has 0 aromatic heterocycles. The summed E-state index contributed by atoms with van der Waals surface area (Å²) in [5, 5.41) is 3.14. The lowest BCUT2D eigenvalue weighted by Crippen LogP contribution is -2.36. The van der Waals surface area contributed by atoms with Crippen molar-refractivity contribution in [2.24, 2.45) is 0 Å². The van der Waals surface area contributed by atoms with Crippen molar-refractivity contribution in [2.45, 2.75) is 26.4 Å². The zero-order chi connectivity index (χ0) is 13.7. The van der Waals surface area contributed by atoms with Crippen LogP contribution in [0.4, 0.5) is 13.2 Å². The van der Waals surface area contributed by atoms with Gasteiger partial charge in [-0.3, -0.25) is 0 Å². The van der Waals surface area contributed by atoms with Gasteiger partial charge in [-0.2, -0.15) is 0 Å². The van der Waals surface area contributed by atoms with Gasteiger partial charge < -0.3 is 10.2 Å². The van der Waals surface area contributed by atoms with Gasteiger partial charge >= 0.3 is 0 Å². The van der Waals surface area contributed by atoms with E-state index in [9.17, 15) is 13.2 Å². The van der Waals surface area contributed by atoms with E-state index in [4.69, 9.17) is 0 Å². The van der Waals surface area contributed by atoms with E-state index in [-0.39, 0.29) is 6.04 Å². The van der Waals surface area contributed by atoms with E-state index < -0.39 is 17.5 Å². The molecule has 0 fully saturated rings. The Morgan fingerprint density at radius 3 is 2.28 bits per heavy atom. The molecule has 18 heavy (non-hydrogen) atoms. The highest BCUT2D eigenvalue weighted by Gasteiger charge is 2.11. The van der Waals surface area contributed by atoms with E-state index in [1.54, 1.807) is 0 Å². The van der Waals surface area contributed by atoms with Crippen molar-refractivity contribution in [1.82, 2.24) is 10.2 Å². The third kappa shape index (κ3) is 4.31. The molecule has 0 radical (unpaired) electrons. The molecule has 2 nitrogen and oxygen atoms in total. The molecule has 1 N–H and O–H groups in total. The van der Waals surface area contributed by atoms with E-state index in [0.29, 0.717) is 12.1 Å². The summed E-state index contributed by atoms with van der Waals surface area (Å²) < 4.78 is 38.7. The van der Waals surface area contributed by atoms with Crippen LogP contribution in [-0.2, 0) is 6.54 Å². The minimum Gasteiger partial charge on any atom is -0.309 e. The smallest absolute Gasteiger partial charge is 0.194 e. The zero-order valence-corrected chi connectivity index (χ0v) is 10.9. The summed E-state index contributed by atoms with van der Waals surface area (Å²) in [6.45, 7) is 6.13. The standard InChI is InChI=1S/C13H19F3N2/c1-4-18(3)8-9(2)17-7-10-5-11(14)13(16)12(15)6-10/h5-6,9,17H,4,7-8H2,1-3H3. The van der Waals surface area contributed by atoms with Crippen LogP contribution in [0, 0.1) is 17.5 Å². The topological polar surface area (TPSA) is 15.3 Å². The van der Waals surface area contributed by atoms with E-state index >= 15 is 0 Å². The summed E-state index contributed by atoms with van der Waals surface area (Å²) in [7, 11) is 2.00. The number of nitrogens with one attached hydrogen (secondary N) is 1. The highest BCUT2D eigenvalue weighted by molar-refractivity contribution is 5.19. The van der Waals surface area contributed by atoms with Crippen molar-refractivity contribution in [3.63, 3.8) is 0 Å². The Kier molecular flexibility index (Phi) is 5.62. The molecule has 0 saturated heterocycles. The normalized spacial score (nSPS) is 13.1. The van der Waals surface area contributed by atoms with E-state index in [0.717, 1.165) is 25.2 Å². The van der Waals surface area contributed by atoms with Crippen LogP contribution in [-0.4, -0.2) is 31.1 Å². The van der Waals surface area contributed by atoms with Crippen molar-refractivity contribution in [3.8, 4) is 0 Å². The molecule has 1 atom stereocenters. The molecule has 102 valence electrons. The Bertz CT molecular complexity index is 373. The van der Waals surface area contributed by atoms with Gasteiger partial charge in [-0.05, 0) is 38.2 Å². The predicted molar refractivity (Wildman–Crippen MR) is 65.8 cm³/mol. The van der Waals surface area contributed by atoms with Gasteiger partial charge in [-0.25, -0.2) is 13.2 Å². The Labute approximate surface area is 106 Å². The van der Waals surface area contributed by atoms with Crippen LogP contribution in [0.15, 0.2) is 12.1 Å². The van der Waals surface area contributed by atoms with E-state index in [1.807, 2.05) is 14.0 Å². The van der Waals surface area contributed by atoms with Gasteiger partial charge in [0.15, 0.2) is 17.5 Å². The number of hydrogen-bond acceptors (Lipinski definition) is 2. The summed E-state index contributed by atoms with van der Waals surface area (Å²) in [4.78, 5) is 2.13. The van der Waals surface area contributed by atoms with E-state index in [1.165, 1.54) is 0 Å². The second-order valence-corrected chi connectivity index (χ2v) is 4.51. The number of hydrogen-bond donors (Lipinski definition) is 1. The quantitative estimate of drug-likeness (QED) is 0.791. The molecule has 5 heteroatoms. The molecule has 0 aliphatic heterocycles. The fourth-order valence-electron chi connectivity index (χ4n) is 1.66. The molecule has 0 saturated carbocycles. The Balaban J connectivity index is 2.53. The summed E-state index contributed by atoms with van der Waals surface area (Å²) in [6, 6.07) is 2.22. The molecule has 0 aliphatic carbocycles. The van der Waals surface area contributed by atoms with Gasteiger partial charge in [-0.1, -0.05) is 6.92 Å². The maximum absolute atomic E-state index is 13.0. The second kappa shape index (κ2) is 6.75. The predicted octanol–water partition coefficient (Wildman–Crippen LogP) is 2.53. The SMILES string of the molecule is CCN(C)CC(C)NCc1cc(F)c(F)c(F)c1. The third-order valence-corrected chi connectivity index (χ3v) is 2.82. The highest BCUT2D eigenvalue weighted by Crippen LogP contribution is 2.13. The first-order valence-electron chi connectivity index (χ1n) is 5.99. The van der Waals surface area contributed by atoms with Crippen LogP contribution < -0.4 is 5.32 Å². The molecule has 0 spiro atoms. The van der Waals surface area contributed by atoms with Crippen molar-refractivity contribution < 1.29 is 13.2 Å². The van der Waals surface area contributed by atoms with Crippen LogP contribution in [0.5, 0.6) is 0 Å². The van der Waals surface area contributed by atoms with Gasteiger partial charge in [0.25, 0.3) is 0 Å². The first-order chi connectivity index (χ1) is 8.43. The monoisotopic (exact) mass is 260 g/mol. The van der Waals surface area contributed by atoms with Crippen molar-refractivity contribution in [3.05, 3.63) is 35.1 Å². The Morgan fingerprint density at radius 1 is 1.22 bits per heavy atom. The summed E-state index contributed by atoms with van der Waals surface area (Å²) >= 11 is 0. The minimum absolute atomic E-state index is 0.186. The fourth-order valence-corrected chi connectivity index (χ4v) is 1.66. The molecular formula is C13H19F3N2. The molecule has 0 bridgehead atoms. The minimum atomic E-state index is -1.42. The van der Waals surface area contributed by atoms with Gasteiger partial charge in [0, 0.05) is 19.1 Å². The summed E-state index contributed by atoms with van der Waals surface area (Å²) in [5.41, 5.74) is 0.400. The molecule has 1 aromatic rings. The number of halogens is 3. The maximum atomic E-state index is 13.0. The van der Waals surface area contributed by atoms with Crippen molar-refractivity contribution >= 4 is 0 Å². The maximum Gasteiger partial charge on any atom is 0.194 e. The third-order valence-electron chi connectivity index (χ3n) is 2.82. The molecule has 1 aromatic carbocycles. The Morgan fingerprint density at radius 2 is 1.78 bits per heavy atom. The first kappa shape index (κ1) is 15.0. The molecule has 0 aliphatic rings. The number of rotatable bonds is 6. The lowest BCUT2D eigenvalue weighted by atomic mass is 10.2. The first-order valence-corrected chi connectivity index (χ1v) is 5.99. The van der Waals surface area contributed by atoms with Crippen molar-refractivity contribution in [2.75, 3.05) is 20.1 Å².